The Balaban J connectivity index is 1.90. The molecule has 1 aromatic rings. The lowest BCUT2D eigenvalue weighted by atomic mass is 9.86. The van der Waals surface area contributed by atoms with Gasteiger partial charge in [0.25, 0.3) is 0 Å². The van der Waals surface area contributed by atoms with E-state index in [1.165, 1.54) is 31.2 Å². The van der Waals surface area contributed by atoms with Crippen LogP contribution in [-0.2, 0) is 6.54 Å². The molecule has 2 rings (SSSR count). The lowest BCUT2D eigenvalue weighted by Gasteiger charge is -2.32. The molecule has 1 aliphatic rings. The van der Waals surface area contributed by atoms with Gasteiger partial charge in [-0.05, 0) is 49.5 Å². The van der Waals surface area contributed by atoms with Crippen LogP contribution >= 0.6 is 0 Å². The highest BCUT2D eigenvalue weighted by Gasteiger charge is 2.33. The van der Waals surface area contributed by atoms with Crippen LogP contribution in [0.5, 0.6) is 5.75 Å². The maximum atomic E-state index is 6.01. The number of rotatable bonds is 6. The van der Waals surface area contributed by atoms with Gasteiger partial charge in [-0.2, -0.15) is 0 Å². The molecule has 19 heavy (non-hydrogen) atoms. The smallest absolute Gasteiger partial charge is 0.118 e. The van der Waals surface area contributed by atoms with Gasteiger partial charge in [0.05, 0.1) is 7.11 Å². The summed E-state index contributed by atoms with van der Waals surface area (Å²) in [6.45, 7) is 2.90. The van der Waals surface area contributed by atoms with Gasteiger partial charge in [-0.3, -0.25) is 0 Å². The van der Waals surface area contributed by atoms with Gasteiger partial charge in [-0.1, -0.05) is 25.0 Å². The quantitative estimate of drug-likeness (QED) is 0.856. The van der Waals surface area contributed by atoms with Crippen molar-refractivity contribution in [2.24, 2.45) is 11.1 Å². The van der Waals surface area contributed by atoms with E-state index in [9.17, 15) is 0 Å². The number of hydrogen-bond donors (Lipinski definition) is 1. The minimum absolute atomic E-state index is 0.362. The van der Waals surface area contributed by atoms with Crippen LogP contribution in [0.1, 0.15) is 31.2 Å². The Kier molecular flexibility index (Phi) is 4.83. The molecular formula is C16H26N2O. The second kappa shape index (κ2) is 6.40. The van der Waals surface area contributed by atoms with Crippen molar-refractivity contribution in [1.29, 1.82) is 0 Å². The zero-order valence-corrected chi connectivity index (χ0v) is 12.2. The van der Waals surface area contributed by atoms with Crippen molar-refractivity contribution in [2.45, 2.75) is 32.2 Å². The molecule has 106 valence electrons. The molecule has 1 fully saturated rings. The third kappa shape index (κ3) is 3.71. The number of nitrogens with two attached hydrogens (primary N) is 1. The SMILES string of the molecule is COc1ccc(CN(C)CC2(CN)CCCC2)cc1. The Bertz CT molecular complexity index is 382. The molecule has 0 heterocycles. The monoisotopic (exact) mass is 262 g/mol. The molecule has 0 aliphatic heterocycles. The van der Waals surface area contributed by atoms with Gasteiger partial charge in [0.1, 0.15) is 5.75 Å². The maximum absolute atomic E-state index is 6.01. The molecule has 1 aliphatic carbocycles. The van der Waals surface area contributed by atoms with Gasteiger partial charge >= 0.3 is 0 Å². The second-order valence-corrected chi connectivity index (χ2v) is 5.93. The molecule has 1 aromatic carbocycles. The molecular weight excluding hydrogens is 236 g/mol. The van der Waals surface area contributed by atoms with Crippen LogP contribution in [0.25, 0.3) is 0 Å². The first-order valence-corrected chi connectivity index (χ1v) is 7.19. The predicted molar refractivity (Wildman–Crippen MR) is 79.3 cm³/mol. The summed E-state index contributed by atoms with van der Waals surface area (Å²) in [5.74, 6) is 0.917. The molecule has 0 saturated heterocycles. The molecule has 2 N–H and O–H groups in total. The van der Waals surface area contributed by atoms with Crippen LogP contribution in [0.4, 0.5) is 0 Å². The standard InChI is InChI=1S/C16H26N2O/c1-18(13-16(12-17)9-3-4-10-16)11-14-5-7-15(19-2)8-6-14/h5-8H,3-4,9-13,17H2,1-2H3. The van der Waals surface area contributed by atoms with Crippen LogP contribution < -0.4 is 10.5 Å². The second-order valence-electron chi connectivity index (χ2n) is 5.93. The van der Waals surface area contributed by atoms with Crippen molar-refractivity contribution in [1.82, 2.24) is 4.90 Å². The minimum atomic E-state index is 0.362. The van der Waals surface area contributed by atoms with Crippen LogP contribution in [0.15, 0.2) is 24.3 Å². The molecule has 3 nitrogen and oxygen atoms in total. The minimum Gasteiger partial charge on any atom is -0.497 e. The highest BCUT2D eigenvalue weighted by atomic mass is 16.5. The largest absolute Gasteiger partial charge is 0.497 e. The van der Waals surface area contributed by atoms with E-state index in [1.807, 2.05) is 12.1 Å². The zero-order valence-electron chi connectivity index (χ0n) is 12.2. The number of ether oxygens (including phenoxy) is 1. The highest BCUT2D eigenvalue weighted by Crippen LogP contribution is 2.37. The molecule has 0 unspecified atom stereocenters. The fourth-order valence-corrected chi connectivity index (χ4v) is 3.22. The summed E-state index contributed by atoms with van der Waals surface area (Å²) < 4.78 is 5.19. The van der Waals surface area contributed by atoms with Crippen molar-refractivity contribution in [3.63, 3.8) is 0 Å². The summed E-state index contributed by atoms with van der Waals surface area (Å²) in [6.07, 6.45) is 5.26. The zero-order chi connectivity index (χ0) is 13.7. The molecule has 0 radical (unpaired) electrons. The summed E-state index contributed by atoms with van der Waals surface area (Å²) >= 11 is 0. The maximum Gasteiger partial charge on any atom is 0.118 e. The lowest BCUT2D eigenvalue weighted by molar-refractivity contribution is 0.179. The summed E-state index contributed by atoms with van der Waals surface area (Å²) in [5, 5.41) is 0. The van der Waals surface area contributed by atoms with Crippen molar-refractivity contribution in [3.8, 4) is 5.75 Å². The highest BCUT2D eigenvalue weighted by molar-refractivity contribution is 5.27. The van der Waals surface area contributed by atoms with Crippen molar-refractivity contribution in [3.05, 3.63) is 29.8 Å². The van der Waals surface area contributed by atoms with Gasteiger partial charge in [0.2, 0.25) is 0 Å². The fraction of sp³-hybridized carbons (Fsp3) is 0.625. The number of nitrogens with zero attached hydrogens (tertiary/aromatic N) is 1. The van der Waals surface area contributed by atoms with Crippen molar-refractivity contribution >= 4 is 0 Å². The average Bonchev–Trinajstić information content (AvgIpc) is 2.88. The molecule has 0 bridgehead atoms. The number of methoxy groups -OCH3 is 1. The van der Waals surface area contributed by atoms with Crippen LogP contribution in [0.2, 0.25) is 0 Å². The van der Waals surface area contributed by atoms with E-state index in [4.69, 9.17) is 10.5 Å². The van der Waals surface area contributed by atoms with Gasteiger partial charge in [0.15, 0.2) is 0 Å². The molecule has 0 amide bonds. The Morgan fingerprint density at radius 3 is 2.37 bits per heavy atom. The summed E-state index contributed by atoms with van der Waals surface area (Å²) in [7, 11) is 3.90. The first kappa shape index (κ1) is 14.4. The Morgan fingerprint density at radius 1 is 1.21 bits per heavy atom. The summed E-state index contributed by atoms with van der Waals surface area (Å²) in [6, 6.07) is 8.33. The first-order valence-electron chi connectivity index (χ1n) is 7.19. The van der Waals surface area contributed by atoms with E-state index in [0.717, 1.165) is 25.4 Å². The Morgan fingerprint density at radius 2 is 1.84 bits per heavy atom. The van der Waals surface area contributed by atoms with Gasteiger partial charge in [0, 0.05) is 13.1 Å². The van der Waals surface area contributed by atoms with E-state index in [0.29, 0.717) is 5.41 Å². The third-order valence-corrected chi connectivity index (χ3v) is 4.31. The lowest BCUT2D eigenvalue weighted by Crippen LogP contribution is -2.39. The predicted octanol–water partition coefficient (Wildman–Crippen LogP) is 2.65. The molecule has 0 aromatic heterocycles. The molecule has 0 atom stereocenters. The van der Waals surface area contributed by atoms with Crippen molar-refractivity contribution < 1.29 is 4.74 Å². The summed E-state index contributed by atoms with van der Waals surface area (Å²) in [5.41, 5.74) is 7.69. The molecule has 3 heteroatoms. The van der Waals surface area contributed by atoms with E-state index >= 15 is 0 Å². The Labute approximate surface area is 116 Å². The average molecular weight is 262 g/mol. The third-order valence-electron chi connectivity index (χ3n) is 4.31. The first-order chi connectivity index (χ1) is 9.17. The van der Waals surface area contributed by atoms with Crippen LogP contribution in [0, 0.1) is 5.41 Å². The van der Waals surface area contributed by atoms with E-state index in [2.05, 4.69) is 24.1 Å². The normalized spacial score (nSPS) is 17.9. The van der Waals surface area contributed by atoms with Gasteiger partial charge < -0.3 is 15.4 Å². The van der Waals surface area contributed by atoms with E-state index in [1.54, 1.807) is 7.11 Å². The van der Waals surface area contributed by atoms with Gasteiger partial charge in [-0.25, -0.2) is 0 Å². The van der Waals surface area contributed by atoms with E-state index in [-0.39, 0.29) is 0 Å². The number of hydrogen-bond acceptors (Lipinski definition) is 3. The molecule has 0 spiro atoms. The molecule has 1 saturated carbocycles. The van der Waals surface area contributed by atoms with Gasteiger partial charge in [-0.15, -0.1) is 0 Å². The van der Waals surface area contributed by atoms with Crippen LogP contribution in [0.3, 0.4) is 0 Å². The topological polar surface area (TPSA) is 38.5 Å². The number of benzene rings is 1. The Hall–Kier alpha value is -1.06. The van der Waals surface area contributed by atoms with Crippen molar-refractivity contribution in [2.75, 3.05) is 27.2 Å². The fourth-order valence-electron chi connectivity index (χ4n) is 3.22. The van der Waals surface area contributed by atoms with E-state index < -0.39 is 0 Å². The summed E-state index contributed by atoms with van der Waals surface area (Å²) in [4.78, 5) is 2.40. The van der Waals surface area contributed by atoms with Crippen LogP contribution in [-0.4, -0.2) is 32.1 Å².